The normalized spacial score (nSPS) is 29.9. The molecule has 2 fully saturated rings. The fourth-order valence-corrected chi connectivity index (χ4v) is 5.22. The molecule has 1 aromatic rings. The van der Waals surface area contributed by atoms with Gasteiger partial charge in [0.15, 0.2) is 6.10 Å². The van der Waals surface area contributed by atoms with E-state index < -0.39 is 60.4 Å². The summed E-state index contributed by atoms with van der Waals surface area (Å²) in [6.07, 6.45) is -4.40. The highest BCUT2D eigenvalue weighted by molar-refractivity contribution is 6.16. The summed E-state index contributed by atoms with van der Waals surface area (Å²) in [6.45, 7) is 1.54. The van der Waals surface area contributed by atoms with Crippen LogP contribution < -0.4 is 15.8 Å². The molecule has 3 aliphatic heterocycles. The van der Waals surface area contributed by atoms with E-state index in [0.717, 1.165) is 48.5 Å². The molecular formula is C26H34N4O10. The minimum Gasteiger partial charge on any atom is -0.479 e. The van der Waals surface area contributed by atoms with Crippen LogP contribution in [-0.2, 0) is 30.3 Å². The van der Waals surface area contributed by atoms with Crippen LogP contribution in [0.5, 0.6) is 5.75 Å². The molecule has 7 N–H and O–H groups in total. The zero-order valence-corrected chi connectivity index (χ0v) is 21.9. The number of carboxylic acid groups (broad SMARTS) is 1. The molecule has 0 aromatic heterocycles. The van der Waals surface area contributed by atoms with Crippen molar-refractivity contribution in [1.82, 2.24) is 9.80 Å². The number of nitrogens with two attached hydrogens (primary N) is 1. The number of carbonyl (C=O) groups excluding carboxylic acids is 3. The van der Waals surface area contributed by atoms with Gasteiger partial charge in [-0.15, -0.1) is 0 Å². The number of ether oxygens (including phenoxy) is 2. The number of nitrogens with zero attached hydrogens (tertiary/aromatic N) is 2. The lowest BCUT2D eigenvalue weighted by Gasteiger charge is -2.38. The number of anilines is 1. The Hall–Kier alpha value is -3.40. The number of amides is 3. The van der Waals surface area contributed by atoms with Gasteiger partial charge in [-0.2, -0.15) is 0 Å². The molecule has 0 spiro atoms. The van der Waals surface area contributed by atoms with Crippen LogP contribution in [0, 0.1) is 5.92 Å². The summed E-state index contributed by atoms with van der Waals surface area (Å²) in [6, 6.07) is 3.54. The number of hydrogen-bond acceptors (Lipinski definition) is 11. The molecule has 1 aromatic carbocycles. The molecular weight excluding hydrogens is 528 g/mol. The molecule has 0 saturated carbocycles. The molecule has 40 heavy (non-hydrogen) atoms. The third kappa shape index (κ3) is 6.32. The van der Waals surface area contributed by atoms with E-state index in [9.17, 15) is 39.6 Å². The van der Waals surface area contributed by atoms with Gasteiger partial charge in [0.25, 0.3) is 11.8 Å². The summed E-state index contributed by atoms with van der Waals surface area (Å²) in [7, 11) is 2.04. The third-order valence-electron chi connectivity index (χ3n) is 7.29. The van der Waals surface area contributed by atoms with Gasteiger partial charge in [0, 0.05) is 25.2 Å². The van der Waals surface area contributed by atoms with Gasteiger partial charge in [0.2, 0.25) is 12.2 Å². The highest BCUT2D eigenvalue weighted by Gasteiger charge is 2.48. The van der Waals surface area contributed by atoms with Crippen molar-refractivity contribution in [3.63, 3.8) is 0 Å². The average molecular weight is 563 g/mol. The first-order valence-electron chi connectivity index (χ1n) is 13.0. The highest BCUT2D eigenvalue weighted by Crippen LogP contribution is 2.32. The van der Waals surface area contributed by atoms with Crippen LogP contribution in [0.25, 0.3) is 0 Å². The van der Waals surface area contributed by atoms with Gasteiger partial charge in [-0.1, -0.05) is 6.07 Å². The number of aliphatic carboxylic acids is 1. The summed E-state index contributed by atoms with van der Waals surface area (Å²) in [5.41, 5.74) is 6.67. The minimum absolute atomic E-state index is 0.0531. The zero-order chi connectivity index (χ0) is 29.1. The van der Waals surface area contributed by atoms with Crippen LogP contribution in [0.4, 0.5) is 5.69 Å². The lowest BCUT2D eigenvalue weighted by molar-refractivity contribution is -0.271. The van der Waals surface area contributed by atoms with Crippen LogP contribution in [0.15, 0.2) is 30.4 Å². The second-order valence-electron chi connectivity index (χ2n) is 10.3. The van der Waals surface area contributed by atoms with Gasteiger partial charge in [0.05, 0.1) is 5.69 Å². The van der Waals surface area contributed by atoms with Crippen molar-refractivity contribution in [3.8, 4) is 5.75 Å². The van der Waals surface area contributed by atoms with Crippen molar-refractivity contribution in [2.75, 3.05) is 32.0 Å². The van der Waals surface area contributed by atoms with E-state index >= 15 is 0 Å². The SMILES string of the molecule is CN1CCCC(Cc2ccc(O[C@@H]3O[C@H](C(=O)O)[C@@H](O)[C@H](O)[C@H]3O)c(NC(=O)[C@H](CN)N3C(=O)C=CC3=O)c2)C1. The molecule has 14 heteroatoms. The summed E-state index contributed by atoms with van der Waals surface area (Å²) in [5, 5.41) is 42.5. The Bertz CT molecular complexity index is 1160. The van der Waals surface area contributed by atoms with E-state index in [1.807, 2.05) is 7.05 Å². The van der Waals surface area contributed by atoms with Crippen molar-refractivity contribution in [2.24, 2.45) is 11.7 Å². The number of aliphatic hydroxyl groups is 3. The summed E-state index contributed by atoms with van der Waals surface area (Å²) in [4.78, 5) is 52.1. The number of hydrogen-bond donors (Lipinski definition) is 6. The van der Waals surface area contributed by atoms with E-state index in [-0.39, 0.29) is 18.0 Å². The number of carboxylic acids is 1. The number of imide groups is 1. The molecule has 7 atom stereocenters. The van der Waals surface area contributed by atoms with Crippen LogP contribution in [0.1, 0.15) is 18.4 Å². The number of likely N-dealkylation sites (tertiary alicyclic amines) is 1. The lowest BCUT2D eigenvalue weighted by Crippen LogP contribution is -2.61. The van der Waals surface area contributed by atoms with Crippen molar-refractivity contribution in [2.45, 2.75) is 56.0 Å². The largest absolute Gasteiger partial charge is 0.479 e. The Morgan fingerprint density at radius 1 is 1.15 bits per heavy atom. The van der Waals surface area contributed by atoms with Crippen molar-refractivity contribution >= 4 is 29.4 Å². The molecule has 0 bridgehead atoms. The predicted octanol–water partition coefficient (Wildman–Crippen LogP) is -1.97. The second-order valence-corrected chi connectivity index (χ2v) is 10.3. The van der Waals surface area contributed by atoms with Gasteiger partial charge >= 0.3 is 5.97 Å². The number of aliphatic hydroxyl groups excluding tert-OH is 3. The first-order chi connectivity index (χ1) is 19.0. The Balaban J connectivity index is 1.61. The van der Waals surface area contributed by atoms with E-state index in [1.165, 1.54) is 6.07 Å². The fraction of sp³-hybridized carbons (Fsp3) is 0.538. The number of nitrogens with one attached hydrogen (secondary N) is 1. The topological polar surface area (TPSA) is 212 Å². The number of carbonyl (C=O) groups is 4. The average Bonchev–Trinajstić information content (AvgIpc) is 3.23. The monoisotopic (exact) mass is 562 g/mol. The summed E-state index contributed by atoms with van der Waals surface area (Å²) < 4.78 is 10.9. The molecule has 3 heterocycles. The first kappa shape index (κ1) is 29.6. The van der Waals surface area contributed by atoms with Crippen LogP contribution >= 0.6 is 0 Å². The van der Waals surface area contributed by atoms with Gasteiger partial charge in [-0.3, -0.25) is 19.3 Å². The summed E-state index contributed by atoms with van der Waals surface area (Å²) in [5.74, 6) is -3.43. The number of piperidine rings is 1. The van der Waals surface area contributed by atoms with Gasteiger partial charge in [-0.25, -0.2) is 4.79 Å². The molecule has 14 nitrogen and oxygen atoms in total. The van der Waals surface area contributed by atoms with E-state index in [1.54, 1.807) is 12.1 Å². The zero-order valence-electron chi connectivity index (χ0n) is 21.9. The second kappa shape index (κ2) is 12.4. The molecule has 0 aliphatic carbocycles. The molecule has 1 unspecified atom stereocenters. The van der Waals surface area contributed by atoms with E-state index in [0.29, 0.717) is 12.3 Å². The Labute approximate surface area is 229 Å². The van der Waals surface area contributed by atoms with Crippen molar-refractivity contribution in [1.29, 1.82) is 0 Å². The highest BCUT2D eigenvalue weighted by atomic mass is 16.7. The quantitative estimate of drug-likeness (QED) is 0.181. The van der Waals surface area contributed by atoms with E-state index in [4.69, 9.17) is 15.2 Å². The Kier molecular flexibility index (Phi) is 9.18. The Morgan fingerprint density at radius 3 is 2.48 bits per heavy atom. The predicted molar refractivity (Wildman–Crippen MR) is 138 cm³/mol. The minimum atomic E-state index is -1.91. The molecule has 3 amide bonds. The fourth-order valence-electron chi connectivity index (χ4n) is 5.22. The first-order valence-corrected chi connectivity index (χ1v) is 13.0. The van der Waals surface area contributed by atoms with Gasteiger partial charge < -0.3 is 45.9 Å². The van der Waals surface area contributed by atoms with Crippen molar-refractivity contribution < 1.29 is 49.1 Å². The molecule has 0 radical (unpaired) electrons. The maximum absolute atomic E-state index is 13.3. The van der Waals surface area contributed by atoms with E-state index in [2.05, 4.69) is 10.2 Å². The van der Waals surface area contributed by atoms with Gasteiger partial charge in [-0.05, 0) is 56.5 Å². The Morgan fingerprint density at radius 2 is 1.85 bits per heavy atom. The maximum atomic E-state index is 13.3. The lowest BCUT2D eigenvalue weighted by atomic mass is 9.91. The number of rotatable bonds is 9. The smallest absolute Gasteiger partial charge is 0.335 e. The molecule has 3 aliphatic rings. The summed E-state index contributed by atoms with van der Waals surface area (Å²) >= 11 is 0. The molecule has 2 saturated heterocycles. The van der Waals surface area contributed by atoms with Crippen molar-refractivity contribution in [3.05, 3.63) is 35.9 Å². The molecule has 218 valence electrons. The maximum Gasteiger partial charge on any atom is 0.335 e. The van der Waals surface area contributed by atoms with Gasteiger partial charge in [0.1, 0.15) is 30.1 Å². The molecule has 4 rings (SSSR count). The van der Waals surface area contributed by atoms with Crippen LogP contribution in [-0.4, -0.2) is 117 Å². The van der Waals surface area contributed by atoms with Crippen LogP contribution in [0.2, 0.25) is 0 Å². The standard InChI is InChI=1S/C26H34N4O10/c1-29-8-2-3-14(12-29)9-13-4-5-17(39-26-22(35)20(33)21(34)23(40-26)25(37)38)15(10-13)28-24(36)16(11-27)30-18(31)6-7-19(30)32/h4-7,10,14,16,20-23,26,33-35H,2-3,8-9,11-12,27H2,1H3,(H,28,36)(H,37,38)/t14?,16-,20-,21-,22+,23-,26+/m0/s1. The number of benzene rings is 1. The van der Waals surface area contributed by atoms with Crippen LogP contribution in [0.3, 0.4) is 0 Å². The third-order valence-corrected chi connectivity index (χ3v) is 7.29.